The predicted octanol–water partition coefficient (Wildman–Crippen LogP) is 3.82. The van der Waals surface area contributed by atoms with Crippen LogP contribution in [-0.4, -0.2) is 54.6 Å². The van der Waals surface area contributed by atoms with E-state index in [4.69, 9.17) is 11.6 Å². The van der Waals surface area contributed by atoms with Crippen LogP contribution in [0.15, 0.2) is 57.8 Å². The van der Waals surface area contributed by atoms with Gasteiger partial charge in [0.1, 0.15) is 0 Å². The van der Waals surface area contributed by atoms with E-state index in [2.05, 4.69) is 20.8 Å². The van der Waals surface area contributed by atoms with Crippen molar-refractivity contribution < 1.29 is 18.0 Å². The highest BCUT2D eigenvalue weighted by molar-refractivity contribution is 8.01. The minimum atomic E-state index is -3.57. The molecule has 2 N–H and O–H groups in total. The molecule has 0 aliphatic heterocycles. The number of thioether (sulfide) groups is 1. The van der Waals surface area contributed by atoms with E-state index in [-0.39, 0.29) is 22.8 Å². The molecule has 3 rings (SSSR count). The first-order valence-electron chi connectivity index (χ1n) is 9.51. The number of rotatable bonds is 9. The third-order valence-corrected chi connectivity index (χ3v) is 8.22. The van der Waals surface area contributed by atoms with E-state index in [1.54, 1.807) is 24.3 Å². The van der Waals surface area contributed by atoms with E-state index in [0.29, 0.717) is 25.9 Å². The van der Waals surface area contributed by atoms with Crippen LogP contribution in [0.5, 0.6) is 0 Å². The lowest BCUT2D eigenvalue weighted by Gasteiger charge is -2.11. The number of amides is 2. The summed E-state index contributed by atoms with van der Waals surface area (Å²) < 4.78 is 25.9. The van der Waals surface area contributed by atoms with E-state index in [9.17, 15) is 18.0 Å². The SMILES string of the molecule is CN(C)S(=O)(=O)c1ccc(C(=O)Nc2nnc(SCCC(=O)Nc3cccc(Cl)c3)s2)cc1. The van der Waals surface area contributed by atoms with Crippen molar-refractivity contribution in [1.29, 1.82) is 0 Å². The van der Waals surface area contributed by atoms with Crippen LogP contribution in [0.3, 0.4) is 0 Å². The number of sulfonamides is 1. The maximum atomic E-state index is 12.4. The van der Waals surface area contributed by atoms with Crippen molar-refractivity contribution >= 4 is 67.4 Å². The van der Waals surface area contributed by atoms with Gasteiger partial charge in [-0.3, -0.25) is 14.9 Å². The smallest absolute Gasteiger partial charge is 0.257 e. The molecule has 0 bridgehead atoms. The number of anilines is 2. The van der Waals surface area contributed by atoms with Gasteiger partial charge in [0.05, 0.1) is 4.90 Å². The van der Waals surface area contributed by atoms with Crippen LogP contribution in [0.4, 0.5) is 10.8 Å². The van der Waals surface area contributed by atoms with Gasteiger partial charge in [-0.05, 0) is 42.5 Å². The van der Waals surface area contributed by atoms with E-state index >= 15 is 0 Å². The molecule has 13 heteroatoms. The number of hydrogen-bond donors (Lipinski definition) is 2. The van der Waals surface area contributed by atoms with Crippen LogP contribution in [0.1, 0.15) is 16.8 Å². The Bertz CT molecular complexity index is 1250. The van der Waals surface area contributed by atoms with E-state index in [1.807, 2.05) is 0 Å². The quantitative estimate of drug-likeness (QED) is 0.322. The first kappa shape index (κ1) is 25.1. The molecule has 0 unspecified atom stereocenters. The molecule has 0 saturated carbocycles. The van der Waals surface area contributed by atoms with Crippen LogP contribution in [0.2, 0.25) is 5.02 Å². The molecule has 174 valence electrons. The number of carbonyl (C=O) groups excluding carboxylic acids is 2. The second-order valence-electron chi connectivity index (χ2n) is 6.80. The molecular formula is C20H20ClN5O4S3. The monoisotopic (exact) mass is 525 g/mol. The lowest BCUT2D eigenvalue weighted by molar-refractivity contribution is -0.115. The fourth-order valence-electron chi connectivity index (χ4n) is 2.50. The Hall–Kier alpha value is -2.51. The lowest BCUT2D eigenvalue weighted by atomic mass is 10.2. The van der Waals surface area contributed by atoms with Crippen molar-refractivity contribution in [2.45, 2.75) is 15.7 Å². The molecule has 0 aliphatic carbocycles. The van der Waals surface area contributed by atoms with Gasteiger partial charge in [-0.25, -0.2) is 12.7 Å². The molecular weight excluding hydrogens is 506 g/mol. The summed E-state index contributed by atoms with van der Waals surface area (Å²) >= 11 is 8.43. The third-order valence-electron chi connectivity index (χ3n) is 4.19. The Labute approximate surface area is 204 Å². The standard InChI is InChI=1S/C20H20ClN5O4S3/c1-26(2)33(29,30)16-8-6-13(7-9-16)18(28)23-19-24-25-20(32-19)31-11-10-17(27)22-15-5-3-4-14(21)12-15/h3-9,12H,10-11H2,1-2H3,(H,22,27)(H,23,24,28). The largest absolute Gasteiger partial charge is 0.326 e. The van der Waals surface area contributed by atoms with Crippen molar-refractivity contribution in [2.24, 2.45) is 0 Å². The molecule has 0 fully saturated rings. The number of nitrogens with one attached hydrogen (secondary N) is 2. The lowest BCUT2D eigenvalue weighted by Crippen LogP contribution is -2.22. The molecule has 2 aromatic carbocycles. The van der Waals surface area contributed by atoms with Crippen molar-refractivity contribution in [1.82, 2.24) is 14.5 Å². The van der Waals surface area contributed by atoms with Gasteiger partial charge in [0.2, 0.25) is 21.1 Å². The second kappa shape index (κ2) is 11.1. The molecule has 33 heavy (non-hydrogen) atoms. The molecule has 0 radical (unpaired) electrons. The number of hydrogen-bond acceptors (Lipinski definition) is 8. The summed E-state index contributed by atoms with van der Waals surface area (Å²) in [5.41, 5.74) is 0.917. The summed E-state index contributed by atoms with van der Waals surface area (Å²) in [5, 5.41) is 14.2. The van der Waals surface area contributed by atoms with Gasteiger partial charge >= 0.3 is 0 Å². The fraction of sp³-hybridized carbons (Fsp3) is 0.200. The highest BCUT2D eigenvalue weighted by atomic mass is 35.5. The summed E-state index contributed by atoms with van der Waals surface area (Å²) in [4.78, 5) is 24.6. The van der Waals surface area contributed by atoms with Crippen molar-refractivity contribution in [2.75, 3.05) is 30.5 Å². The molecule has 3 aromatic rings. The normalized spacial score (nSPS) is 11.4. The highest BCUT2D eigenvalue weighted by Gasteiger charge is 2.18. The highest BCUT2D eigenvalue weighted by Crippen LogP contribution is 2.26. The van der Waals surface area contributed by atoms with Gasteiger partial charge in [0.15, 0.2) is 4.34 Å². The van der Waals surface area contributed by atoms with Gasteiger partial charge in [0.25, 0.3) is 5.91 Å². The van der Waals surface area contributed by atoms with E-state index in [0.717, 1.165) is 4.31 Å². The summed E-state index contributed by atoms with van der Waals surface area (Å²) in [6.07, 6.45) is 0.265. The maximum absolute atomic E-state index is 12.4. The Morgan fingerprint density at radius 3 is 2.48 bits per heavy atom. The minimum Gasteiger partial charge on any atom is -0.326 e. The second-order valence-corrected chi connectivity index (χ2v) is 11.7. The Kier molecular flexibility index (Phi) is 8.43. The zero-order valence-electron chi connectivity index (χ0n) is 17.6. The van der Waals surface area contributed by atoms with Crippen LogP contribution in [0, 0.1) is 0 Å². The average molecular weight is 526 g/mol. The first-order chi connectivity index (χ1) is 15.6. The minimum absolute atomic E-state index is 0.0954. The van der Waals surface area contributed by atoms with Crippen LogP contribution < -0.4 is 10.6 Å². The zero-order chi connectivity index (χ0) is 24.0. The topological polar surface area (TPSA) is 121 Å². The molecule has 2 amide bonds. The summed E-state index contributed by atoms with van der Waals surface area (Å²) in [6.45, 7) is 0. The third kappa shape index (κ3) is 6.98. The van der Waals surface area contributed by atoms with Crippen molar-refractivity contribution in [3.05, 3.63) is 59.1 Å². The Balaban J connectivity index is 1.49. The molecule has 0 saturated heterocycles. The molecule has 0 spiro atoms. The molecule has 9 nitrogen and oxygen atoms in total. The van der Waals surface area contributed by atoms with Crippen LogP contribution >= 0.6 is 34.7 Å². The van der Waals surface area contributed by atoms with Crippen molar-refractivity contribution in [3.8, 4) is 0 Å². The molecule has 1 heterocycles. The maximum Gasteiger partial charge on any atom is 0.257 e. The molecule has 1 aromatic heterocycles. The number of carbonyl (C=O) groups is 2. The number of halogens is 1. The molecule has 0 aliphatic rings. The summed E-state index contributed by atoms with van der Waals surface area (Å²) in [6, 6.07) is 12.5. The number of aromatic nitrogens is 2. The zero-order valence-corrected chi connectivity index (χ0v) is 20.8. The first-order valence-corrected chi connectivity index (χ1v) is 13.1. The molecule has 0 atom stereocenters. The van der Waals surface area contributed by atoms with Gasteiger partial charge in [-0.1, -0.05) is 40.8 Å². The van der Waals surface area contributed by atoms with Gasteiger partial charge in [-0.15, -0.1) is 10.2 Å². The number of nitrogens with zero attached hydrogens (tertiary/aromatic N) is 3. The van der Waals surface area contributed by atoms with Crippen molar-refractivity contribution in [3.63, 3.8) is 0 Å². The average Bonchev–Trinajstić information content (AvgIpc) is 3.20. The van der Waals surface area contributed by atoms with Crippen LogP contribution in [0.25, 0.3) is 0 Å². The van der Waals surface area contributed by atoms with Gasteiger partial charge in [-0.2, -0.15) is 0 Å². The van der Waals surface area contributed by atoms with E-state index < -0.39 is 15.9 Å². The fourth-order valence-corrected chi connectivity index (χ4v) is 5.35. The predicted molar refractivity (Wildman–Crippen MR) is 131 cm³/mol. The van der Waals surface area contributed by atoms with Gasteiger partial charge < -0.3 is 5.32 Å². The summed E-state index contributed by atoms with van der Waals surface area (Å²) in [5.74, 6) is -0.100. The van der Waals surface area contributed by atoms with Crippen LogP contribution in [-0.2, 0) is 14.8 Å². The Morgan fingerprint density at radius 1 is 1.09 bits per heavy atom. The number of benzene rings is 2. The van der Waals surface area contributed by atoms with E-state index in [1.165, 1.54) is 61.5 Å². The summed E-state index contributed by atoms with van der Waals surface area (Å²) in [7, 11) is -0.691. The Morgan fingerprint density at radius 2 is 1.82 bits per heavy atom. The van der Waals surface area contributed by atoms with Gasteiger partial charge in [0, 0.05) is 42.5 Å².